The molecule has 7 aromatic rings. The van der Waals surface area contributed by atoms with Crippen LogP contribution in [-0.2, 0) is 5.41 Å². The van der Waals surface area contributed by atoms with E-state index >= 15 is 0 Å². The summed E-state index contributed by atoms with van der Waals surface area (Å²) in [6, 6.07) is 43.2. The molecule has 0 saturated heterocycles. The van der Waals surface area contributed by atoms with Gasteiger partial charge < -0.3 is 10.6 Å². The number of hydrogen-bond donors (Lipinski definition) is 2. The lowest BCUT2D eigenvalue weighted by Gasteiger charge is -2.35. The molecular formula is C40H32BN5. The Labute approximate surface area is 269 Å². The first-order valence-corrected chi connectivity index (χ1v) is 15.9. The minimum Gasteiger partial charge on any atom is -0.356 e. The fourth-order valence-electron chi connectivity index (χ4n) is 7.11. The summed E-state index contributed by atoms with van der Waals surface area (Å²) in [6.07, 6.45) is 1.94. The van der Waals surface area contributed by atoms with Gasteiger partial charge in [0.15, 0.2) is 0 Å². The van der Waals surface area contributed by atoms with E-state index in [0.717, 1.165) is 62.1 Å². The SMILES string of the molecule is CC(C)(C)c1ccnc(-c2ccc3c(c2)B2c4cc(-c5nc6ccccc6n5-c5ccccc5)ccc4Nc4cccc(c42)N3)c1. The van der Waals surface area contributed by atoms with Gasteiger partial charge in [-0.1, -0.05) is 75.4 Å². The Bertz CT molecular complexity index is 2300. The lowest BCUT2D eigenvalue weighted by molar-refractivity contribution is 0.589. The summed E-state index contributed by atoms with van der Waals surface area (Å²) in [6.45, 7) is 6.78. The molecule has 0 aliphatic carbocycles. The molecule has 2 aliphatic heterocycles. The Morgan fingerprint density at radius 1 is 0.630 bits per heavy atom. The summed E-state index contributed by atoms with van der Waals surface area (Å²) in [7, 11) is 0. The molecule has 6 heteroatoms. The molecular weight excluding hydrogens is 561 g/mol. The van der Waals surface area contributed by atoms with Crippen LogP contribution in [0.25, 0.3) is 39.4 Å². The predicted octanol–water partition coefficient (Wildman–Crippen LogP) is 7.68. The maximum atomic E-state index is 5.18. The molecule has 0 radical (unpaired) electrons. The van der Waals surface area contributed by atoms with Crippen LogP contribution < -0.4 is 27.0 Å². The number of hydrogen-bond acceptors (Lipinski definition) is 4. The molecule has 220 valence electrons. The highest BCUT2D eigenvalue weighted by Gasteiger charge is 2.38. The molecule has 46 heavy (non-hydrogen) atoms. The van der Waals surface area contributed by atoms with Crippen LogP contribution >= 0.6 is 0 Å². The summed E-state index contributed by atoms with van der Waals surface area (Å²) < 4.78 is 2.27. The van der Waals surface area contributed by atoms with Gasteiger partial charge in [-0.3, -0.25) is 9.55 Å². The Kier molecular flexibility index (Phi) is 5.79. The van der Waals surface area contributed by atoms with E-state index in [-0.39, 0.29) is 12.1 Å². The van der Waals surface area contributed by atoms with E-state index in [1.54, 1.807) is 0 Å². The molecule has 2 aliphatic rings. The van der Waals surface area contributed by atoms with Crippen molar-refractivity contribution in [2.45, 2.75) is 26.2 Å². The number of benzene rings is 5. The van der Waals surface area contributed by atoms with Crippen molar-refractivity contribution in [1.29, 1.82) is 0 Å². The zero-order valence-corrected chi connectivity index (χ0v) is 26.0. The molecule has 2 aromatic heterocycles. The van der Waals surface area contributed by atoms with E-state index in [2.05, 4.69) is 157 Å². The number of rotatable bonds is 3. The quantitative estimate of drug-likeness (QED) is 0.206. The summed E-state index contributed by atoms with van der Waals surface area (Å²) in [5.41, 5.74) is 15.9. The van der Waals surface area contributed by atoms with Gasteiger partial charge in [-0.25, -0.2) is 4.98 Å². The molecule has 4 heterocycles. The van der Waals surface area contributed by atoms with Crippen LogP contribution in [-0.4, -0.2) is 21.2 Å². The monoisotopic (exact) mass is 593 g/mol. The first-order valence-electron chi connectivity index (χ1n) is 15.9. The Morgan fingerprint density at radius 2 is 1.30 bits per heavy atom. The Hall–Kier alpha value is -5.62. The van der Waals surface area contributed by atoms with Gasteiger partial charge >= 0.3 is 0 Å². The van der Waals surface area contributed by atoms with Gasteiger partial charge in [-0.05, 0) is 99.7 Å². The average Bonchev–Trinajstić information content (AvgIpc) is 3.48. The topological polar surface area (TPSA) is 54.8 Å². The fraction of sp³-hybridized carbons (Fsp3) is 0.100. The van der Waals surface area contributed by atoms with Gasteiger partial charge in [0, 0.05) is 40.2 Å². The van der Waals surface area contributed by atoms with E-state index in [1.165, 1.54) is 22.0 Å². The first-order chi connectivity index (χ1) is 22.4. The highest BCUT2D eigenvalue weighted by Crippen LogP contribution is 2.34. The summed E-state index contributed by atoms with van der Waals surface area (Å²) in [5.74, 6) is 0.931. The summed E-state index contributed by atoms with van der Waals surface area (Å²) in [5, 5.41) is 7.50. The molecule has 0 saturated carbocycles. The van der Waals surface area contributed by atoms with Crippen molar-refractivity contribution in [2.75, 3.05) is 10.6 Å². The van der Waals surface area contributed by atoms with Crippen molar-refractivity contribution in [1.82, 2.24) is 14.5 Å². The first kappa shape index (κ1) is 26.8. The number of nitrogens with one attached hydrogen (secondary N) is 2. The third kappa shape index (κ3) is 4.17. The van der Waals surface area contributed by atoms with Crippen LogP contribution in [0.4, 0.5) is 22.7 Å². The second kappa shape index (κ2) is 9.95. The van der Waals surface area contributed by atoms with Gasteiger partial charge in [-0.15, -0.1) is 0 Å². The number of fused-ring (bicyclic) bond motifs is 5. The van der Waals surface area contributed by atoms with Crippen molar-refractivity contribution in [2.24, 2.45) is 0 Å². The van der Waals surface area contributed by atoms with E-state index in [9.17, 15) is 0 Å². The lowest BCUT2D eigenvalue weighted by Crippen LogP contribution is -2.59. The maximum absolute atomic E-state index is 5.18. The molecule has 0 bridgehead atoms. The van der Waals surface area contributed by atoms with Crippen LogP contribution in [0.15, 0.2) is 128 Å². The molecule has 0 spiro atoms. The molecule has 0 fully saturated rings. The van der Waals surface area contributed by atoms with Crippen molar-refractivity contribution < 1.29 is 0 Å². The number of anilines is 4. The molecule has 0 atom stereocenters. The highest BCUT2D eigenvalue weighted by molar-refractivity contribution is 7.00. The smallest absolute Gasteiger partial charge is 0.252 e. The van der Waals surface area contributed by atoms with E-state index in [4.69, 9.17) is 9.97 Å². The van der Waals surface area contributed by atoms with Crippen molar-refractivity contribution in [3.63, 3.8) is 0 Å². The van der Waals surface area contributed by atoms with Crippen molar-refractivity contribution >= 4 is 56.9 Å². The highest BCUT2D eigenvalue weighted by atomic mass is 15.1. The molecule has 5 aromatic carbocycles. The maximum Gasteiger partial charge on any atom is 0.252 e. The molecule has 0 amide bonds. The minimum absolute atomic E-state index is 0.0407. The van der Waals surface area contributed by atoms with Crippen LogP contribution in [0, 0.1) is 0 Å². The average molecular weight is 594 g/mol. The van der Waals surface area contributed by atoms with Crippen LogP contribution in [0.2, 0.25) is 0 Å². The van der Waals surface area contributed by atoms with E-state index < -0.39 is 0 Å². The zero-order chi connectivity index (χ0) is 31.0. The van der Waals surface area contributed by atoms with Crippen LogP contribution in [0.1, 0.15) is 26.3 Å². The van der Waals surface area contributed by atoms with Crippen molar-refractivity contribution in [3.05, 3.63) is 133 Å². The molecule has 9 rings (SSSR count). The zero-order valence-electron chi connectivity index (χ0n) is 26.0. The third-order valence-electron chi connectivity index (χ3n) is 9.41. The van der Waals surface area contributed by atoms with Gasteiger partial charge in [-0.2, -0.15) is 0 Å². The Balaban J connectivity index is 1.24. The van der Waals surface area contributed by atoms with Gasteiger partial charge in [0.25, 0.3) is 6.71 Å². The lowest BCUT2D eigenvalue weighted by atomic mass is 9.33. The Morgan fingerprint density at radius 3 is 2.04 bits per heavy atom. The van der Waals surface area contributed by atoms with Gasteiger partial charge in [0.2, 0.25) is 0 Å². The minimum atomic E-state index is 0.0407. The number of nitrogens with zero attached hydrogens (tertiary/aromatic N) is 3. The van der Waals surface area contributed by atoms with Crippen molar-refractivity contribution in [3.8, 4) is 28.3 Å². The third-order valence-corrected chi connectivity index (χ3v) is 9.41. The summed E-state index contributed by atoms with van der Waals surface area (Å²) >= 11 is 0. The largest absolute Gasteiger partial charge is 0.356 e. The molecule has 2 N–H and O–H groups in total. The van der Waals surface area contributed by atoms with Crippen LogP contribution in [0.5, 0.6) is 0 Å². The second-order valence-corrected chi connectivity index (χ2v) is 13.3. The van der Waals surface area contributed by atoms with Crippen LogP contribution in [0.3, 0.4) is 0 Å². The molecule has 0 unspecified atom stereocenters. The predicted molar refractivity (Wildman–Crippen MR) is 193 cm³/mol. The molecule has 5 nitrogen and oxygen atoms in total. The van der Waals surface area contributed by atoms with Gasteiger partial charge in [0.1, 0.15) is 5.82 Å². The number of pyridine rings is 1. The van der Waals surface area contributed by atoms with Gasteiger partial charge in [0.05, 0.1) is 16.7 Å². The summed E-state index contributed by atoms with van der Waals surface area (Å²) in [4.78, 5) is 10.00. The standard InChI is InChI=1S/C40H32BN5/c1-40(2,3)27-20-21-42-36(24-27)25-16-18-31-29(22-25)41-30-23-26(17-19-32(30)44-35-14-9-13-34(43-31)38(35)41)39-45-33-12-7-8-15-37(33)46(39)28-10-5-4-6-11-28/h4-24,43-44H,1-3H3. The van der Waals surface area contributed by atoms with E-state index in [1.807, 2.05) is 6.20 Å². The number of imidazole rings is 1. The fourth-order valence-corrected chi connectivity index (χ4v) is 7.11. The second-order valence-electron chi connectivity index (χ2n) is 13.3. The van der Waals surface area contributed by atoms with E-state index in [0.29, 0.717) is 0 Å². The normalized spacial score (nSPS) is 13.0. The number of aromatic nitrogens is 3. The number of para-hydroxylation sites is 3.